The van der Waals surface area contributed by atoms with Crippen LogP contribution >= 0.6 is 23.2 Å². The number of rotatable bonds is 6. The first-order valence-corrected chi connectivity index (χ1v) is 12.7. The molecule has 182 valence electrons. The van der Waals surface area contributed by atoms with Crippen LogP contribution in [-0.2, 0) is 4.79 Å². The molecular weight excluding hydrogens is 487 g/mol. The summed E-state index contributed by atoms with van der Waals surface area (Å²) in [6.45, 7) is 0. The summed E-state index contributed by atoms with van der Waals surface area (Å²) in [6, 6.07) is 5.61. The van der Waals surface area contributed by atoms with Crippen molar-refractivity contribution in [1.29, 1.82) is 5.26 Å². The van der Waals surface area contributed by atoms with Gasteiger partial charge in [-0.2, -0.15) is 10.2 Å². The SMILES string of the molecule is N#Cc1cc(Cl)c(Nc2nc3cnc(NC4CCCC4)nc3n2[C@H]2CC[C@@H](C(N)=O)CC2)c(Cl)c1. The van der Waals surface area contributed by atoms with Gasteiger partial charge in [0.1, 0.15) is 5.52 Å². The summed E-state index contributed by atoms with van der Waals surface area (Å²) in [5.41, 5.74) is 7.74. The van der Waals surface area contributed by atoms with Crippen molar-refractivity contribution in [3.63, 3.8) is 0 Å². The summed E-state index contributed by atoms with van der Waals surface area (Å²) in [5, 5.41) is 16.6. The minimum Gasteiger partial charge on any atom is -0.369 e. The van der Waals surface area contributed by atoms with E-state index in [9.17, 15) is 10.1 Å². The summed E-state index contributed by atoms with van der Waals surface area (Å²) < 4.78 is 2.05. The fourth-order valence-corrected chi connectivity index (χ4v) is 5.72. The summed E-state index contributed by atoms with van der Waals surface area (Å²) in [7, 11) is 0. The molecule has 0 saturated heterocycles. The Kier molecular flexibility index (Phi) is 6.67. The number of nitrogens with one attached hydrogen (secondary N) is 2. The molecule has 0 radical (unpaired) electrons. The van der Waals surface area contributed by atoms with Crippen LogP contribution in [0.2, 0.25) is 10.0 Å². The highest BCUT2D eigenvalue weighted by Crippen LogP contribution is 2.39. The number of hydrogen-bond donors (Lipinski definition) is 3. The van der Waals surface area contributed by atoms with E-state index in [0.29, 0.717) is 63.2 Å². The molecule has 11 heteroatoms. The largest absolute Gasteiger partial charge is 0.369 e. The van der Waals surface area contributed by atoms with Gasteiger partial charge in [-0.1, -0.05) is 36.0 Å². The molecule has 2 fully saturated rings. The predicted octanol–water partition coefficient (Wildman–Crippen LogP) is 5.32. The highest BCUT2D eigenvalue weighted by atomic mass is 35.5. The maximum Gasteiger partial charge on any atom is 0.224 e. The van der Waals surface area contributed by atoms with Crippen molar-refractivity contribution in [2.45, 2.75) is 63.5 Å². The lowest BCUT2D eigenvalue weighted by Gasteiger charge is -2.29. The molecule has 2 saturated carbocycles. The molecule has 4 N–H and O–H groups in total. The Morgan fingerprint density at radius 3 is 2.40 bits per heavy atom. The normalized spacial score (nSPS) is 20.6. The lowest BCUT2D eigenvalue weighted by Crippen LogP contribution is -2.28. The van der Waals surface area contributed by atoms with Gasteiger partial charge in [0.25, 0.3) is 0 Å². The van der Waals surface area contributed by atoms with Gasteiger partial charge in [-0.15, -0.1) is 0 Å². The van der Waals surface area contributed by atoms with E-state index in [1.54, 1.807) is 18.3 Å². The van der Waals surface area contributed by atoms with Gasteiger partial charge in [0, 0.05) is 18.0 Å². The molecular formula is C24H26Cl2N8O. The van der Waals surface area contributed by atoms with Crippen molar-refractivity contribution in [1.82, 2.24) is 19.5 Å². The minimum atomic E-state index is -0.251. The number of carbonyl (C=O) groups is 1. The fraction of sp³-hybridized carbons (Fsp3) is 0.458. The van der Waals surface area contributed by atoms with Crippen LogP contribution in [0.25, 0.3) is 11.2 Å². The highest BCUT2D eigenvalue weighted by Gasteiger charge is 2.29. The van der Waals surface area contributed by atoms with E-state index in [1.807, 2.05) is 0 Å². The summed E-state index contributed by atoms with van der Waals surface area (Å²) in [6.07, 6.45) is 9.29. The molecule has 3 aromatic rings. The average Bonchev–Trinajstić information content (AvgIpc) is 3.48. The zero-order valence-corrected chi connectivity index (χ0v) is 20.6. The summed E-state index contributed by atoms with van der Waals surface area (Å²) in [4.78, 5) is 25.8. The van der Waals surface area contributed by atoms with Crippen molar-refractivity contribution >= 4 is 57.9 Å². The second-order valence-corrected chi connectivity index (χ2v) is 10.1. The topological polar surface area (TPSA) is 135 Å². The van der Waals surface area contributed by atoms with Crippen molar-refractivity contribution < 1.29 is 4.79 Å². The van der Waals surface area contributed by atoms with Crippen LogP contribution in [0, 0.1) is 17.2 Å². The number of nitrogens with zero attached hydrogens (tertiary/aromatic N) is 5. The van der Waals surface area contributed by atoms with Crippen molar-refractivity contribution in [2.75, 3.05) is 10.6 Å². The molecule has 9 nitrogen and oxygen atoms in total. The molecule has 2 aliphatic carbocycles. The van der Waals surface area contributed by atoms with Crippen LogP contribution in [-0.4, -0.2) is 31.5 Å². The van der Waals surface area contributed by atoms with Crippen molar-refractivity contribution in [3.05, 3.63) is 33.9 Å². The second kappa shape index (κ2) is 9.88. The average molecular weight is 513 g/mol. The smallest absolute Gasteiger partial charge is 0.224 e. The first kappa shape index (κ1) is 23.6. The number of benzene rings is 1. The van der Waals surface area contributed by atoms with E-state index in [0.717, 1.165) is 25.7 Å². The Balaban J connectivity index is 1.54. The third-order valence-electron chi connectivity index (χ3n) is 6.99. The second-order valence-electron chi connectivity index (χ2n) is 9.29. The molecule has 2 heterocycles. The third-order valence-corrected chi connectivity index (χ3v) is 7.59. The van der Waals surface area contributed by atoms with Crippen LogP contribution in [0.15, 0.2) is 18.3 Å². The summed E-state index contributed by atoms with van der Waals surface area (Å²) in [5.74, 6) is 0.744. The molecule has 2 aliphatic rings. The third kappa shape index (κ3) is 4.86. The summed E-state index contributed by atoms with van der Waals surface area (Å²) >= 11 is 12.9. The first-order chi connectivity index (χ1) is 16.9. The van der Waals surface area contributed by atoms with E-state index in [1.165, 1.54) is 12.8 Å². The van der Waals surface area contributed by atoms with E-state index in [4.69, 9.17) is 38.9 Å². The molecule has 1 amide bonds. The van der Waals surface area contributed by atoms with Gasteiger partial charge in [-0.3, -0.25) is 9.36 Å². The maximum absolute atomic E-state index is 11.7. The zero-order valence-electron chi connectivity index (χ0n) is 19.1. The van der Waals surface area contributed by atoms with E-state index in [2.05, 4.69) is 26.3 Å². The zero-order chi connectivity index (χ0) is 24.5. The minimum absolute atomic E-state index is 0.0586. The van der Waals surface area contributed by atoms with E-state index >= 15 is 0 Å². The molecule has 0 bridgehead atoms. The van der Waals surface area contributed by atoms with E-state index in [-0.39, 0.29) is 17.9 Å². The standard InChI is InChI=1S/C24H26Cl2N8O/c25-17-9-13(11-27)10-18(26)20(17)32-24-31-19-12-29-23(30-15-3-1-2-4-15)33-22(19)34(24)16-7-5-14(6-8-16)21(28)35/h9-10,12,14-16H,1-8H2,(H2,28,35)(H,31,32)(H,29,30,33)/t14-,16+. The molecule has 0 unspecified atom stereocenters. The Morgan fingerprint density at radius 1 is 1.09 bits per heavy atom. The molecule has 0 atom stereocenters. The Bertz CT molecular complexity index is 1280. The molecule has 5 rings (SSSR count). The fourth-order valence-electron chi connectivity index (χ4n) is 5.13. The van der Waals surface area contributed by atoms with Crippen molar-refractivity contribution in [3.8, 4) is 6.07 Å². The number of hydrogen-bond acceptors (Lipinski definition) is 7. The highest BCUT2D eigenvalue weighted by molar-refractivity contribution is 6.39. The number of aromatic nitrogens is 4. The number of fused-ring (bicyclic) bond motifs is 1. The number of anilines is 3. The quantitative estimate of drug-likeness (QED) is 0.406. The Labute approximate surface area is 213 Å². The molecule has 0 aliphatic heterocycles. The number of primary amides is 1. The molecule has 1 aromatic carbocycles. The van der Waals surface area contributed by atoms with E-state index < -0.39 is 0 Å². The number of imidazole rings is 1. The number of nitrogens with two attached hydrogens (primary N) is 1. The Hall–Kier alpha value is -3.09. The van der Waals surface area contributed by atoms with Gasteiger partial charge in [0.05, 0.1) is 33.6 Å². The van der Waals surface area contributed by atoms with Gasteiger partial charge >= 0.3 is 0 Å². The number of carbonyl (C=O) groups excluding carboxylic acids is 1. The lowest BCUT2D eigenvalue weighted by molar-refractivity contribution is -0.122. The predicted molar refractivity (Wildman–Crippen MR) is 136 cm³/mol. The monoisotopic (exact) mass is 512 g/mol. The van der Waals surface area contributed by atoms with Gasteiger partial charge in [0.2, 0.25) is 17.8 Å². The van der Waals surface area contributed by atoms with Crippen molar-refractivity contribution in [2.24, 2.45) is 11.7 Å². The van der Waals surface area contributed by atoms with Crippen LogP contribution in [0.4, 0.5) is 17.6 Å². The first-order valence-electron chi connectivity index (χ1n) is 11.9. The lowest BCUT2D eigenvalue weighted by atomic mass is 9.85. The van der Waals surface area contributed by atoms with Crippen LogP contribution in [0.3, 0.4) is 0 Å². The van der Waals surface area contributed by atoms with Crippen LogP contribution < -0.4 is 16.4 Å². The Morgan fingerprint density at radius 2 is 1.77 bits per heavy atom. The maximum atomic E-state index is 11.7. The van der Waals surface area contributed by atoms with Gasteiger partial charge in [-0.25, -0.2) is 9.97 Å². The number of halogens is 2. The van der Waals surface area contributed by atoms with Gasteiger partial charge in [-0.05, 0) is 50.7 Å². The van der Waals surface area contributed by atoms with Crippen LogP contribution in [0.5, 0.6) is 0 Å². The molecule has 35 heavy (non-hydrogen) atoms. The van der Waals surface area contributed by atoms with Crippen LogP contribution in [0.1, 0.15) is 63.0 Å². The molecule has 0 spiro atoms. The molecule has 2 aromatic heterocycles. The number of nitriles is 1. The van der Waals surface area contributed by atoms with Gasteiger partial charge in [0.15, 0.2) is 5.65 Å². The van der Waals surface area contributed by atoms with Gasteiger partial charge < -0.3 is 16.4 Å². The number of amides is 1.